The molecule has 28 heavy (non-hydrogen) atoms. The topological polar surface area (TPSA) is 148 Å². The minimum Gasteiger partial charge on any atom is -0.465 e. The standard InChI is InChI=1S/C18H17N3O7/c1-28-17(23)12-4-7-14(15(10-12)21(26)27)16(22)20-13-5-2-11(3-6-13)8-9-19-18(24)25/h2-7,10,19H,8-9H2,1H3,(H,20,22)(H,24,25). The fourth-order valence-corrected chi connectivity index (χ4v) is 2.39. The molecule has 0 saturated carbocycles. The third-order valence-electron chi connectivity index (χ3n) is 3.76. The summed E-state index contributed by atoms with van der Waals surface area (Å²) in [6.45, 7) is 0.250. The Balaban J connectivity index is 2.12. The number of ether oxygens (including phenoxy) is 1. The number of rotatable bonds is 7. The number of nitro benzene ring substituents is 1. The van der Waals surface area contributed by atoms with Crippen molar-refractivity contribution < 1.29 is 29.2 Å². The minimum absolute atomic E-state index is 0.0370. The van der Waals surface area contributed by atoms with E-state index in [1.807, 2.05) is 0 Å². The Hall–Kier alpha value is -3.95. The maximum absolute atomic E-state index is 12.4. The second kappa shape index (κ2) is 9.12. The predicted octanol–water partition coefficient (Wildman–Crippen LogP) is 2.44. The Kier molecular flexibility index (Phi) is 6.63. The van der Waals surface area contributed by atoms with Gasteiger partial charge >= 0.3 is 12.1 Å². The van der Waals surface area contributed by atoms with Gasteiger partial charge in [0, 0.05) is 18.3 Å². The SMILES string of the molecule is COC(=O)c1ccc(C(=O)Nc2ccc(CCNC(=O)O)cc2)c([N+](=O)[O-])c1. The van der Waals surface area contributed by atoms with Crippen molar-refractivity contribution in [1.82, 2.24) is 5.32 Å². The van der Waals surface area contributed by atoms with Crippen molar-refractivity contribution in [3.05, 3.63) is 69.3 Å². The highest BCUT2D eigenvalue weighted by atomic mass is 16.6. The molecule has 0 saturated heterocycles. The van der Waals surface area contributed by atoms with Crippen molar-refractivity contribution in [2.24, 2.45) is 0 Å². The van der Waals surface area contributed by atoms with E-state index in [4.69, 9.17) is 5.11 Å². The van der Waals surface area contributed by atoms with Crippen molar-refractivity contribution in [3.8, 4) is 0 Å². The second-order valence-corrected chi connectivity index (χ2v) is 5.61. The first kappa shape index (κ1) is 20.4. The zero-order valence-corrected chi connectivity index (χ0v) is 14.8. The number of nitro groups is 1. The van der Waals surface area contributed by atoms with Gasteiger partial charge in [-0.2, -0.15) is 0 Å². The van der Waals surface area contributed by atoms with Crippen LogP contribution in [-0.4, -0.2) is 41.7 Å². The van der Waals surface area contributed by atoms with Crippen LogP contribution in [0.5, 0.6) is 0 Å². The van der Waals surface area contributed by atoms with E-state index in [1.165, 1.54) is 12.1 Å². The lowest BCUT2D eigenvalue weighted by molar-refractivity contribution is -0.385. The normalized spacial score (nSPS) is 10.0. The summed E-state index contributed by atoms with van der Waals surface area (Å²) in [5.41, 5.74) is 0.501. The molecule has 2 amide bonds. The highest BCUT2D eigenvalue weighted by molar-refractivity contribution is 6.07. The Morgan fingerprint density at radius 2 is 1.82 bits per heavy atom. The largest absolute Gasteiger partial charge is 0.465 e. The molecule has 0 aliphatic heterocycles. The van der Waals surface area contributed by atoms with E-state index in [0.717, 1.165) is 18.7 Å². The molecular formula is C18H17N3O7. The number of hydrogen-bond donors (Lipinski definition) is 3. The molecule has 146 valence electrons. The summed E-state index contributed by atoms with van der Waals surface area (Å²) in [5.74, 6) is -1.45. The van der Waals surface area contributed by atoms with E-state index < -0.39 is 28.6 Å². The third-order valence-corrected chi connectivity index (χ3v) is 3.76. The first-order valence-electron chi connectivity index (χ1n) is 8.05. The number of benzene rings is 2. The number of methoxy groups -OCH3 is 1. The van der Waals surface area contributed by atoms with E-state index in [9.17, 15) is 24.5 Å². The fraction of sp³-hybridized carbons (Fsp3) is 0.167. The van der Waals surface area contributed by atoms with Crippen LogP contribution in [0.2, 0.25) is 0 Å². The van der Waals surface area contributed by atoms with Gasteiger partial charge in [-0.05, 0) is 36.2 Å². The summed E-state index contributed by atoms with van der Waals surface area (Å²) < 4.78 is 4.52. The lowest BCUT2D eigenvalue weighted by Crippen LogP contribution is -2.23. The fourth-order valence-electron chi connectivity index (χ4n) is 2.39. The Morgan fingerprint density at radius 1 is 1.14 bits per heavy atom. The van der Waals surface area contributed by atoms with Crippen LogP contribution in [0.1, 0.15) is 26.3 Å². The third kappa shape index (κ3) is 5.27. The van der Waals surface area contributed by atoms with Gasteiger partial charge in [0.25, 0.3) is 11.6 Å². The zero-order valence-electron chi connectivity index (χ0n) is 14.8. The van der Waals surface area contributed by atoms with Gasteiger partial charge in [-0.25, -0.2) is 9.59 Å². The molecule has 0 unspecified atom stereocenters. The summed E-state index contributed by atoms with van der Waals surface area (Å²) in [7, 11) is 1.15. The molecule has 0 spiro atoms. The molecule has 2 rings (SSSR count). The first-order chi connectivity index (χ1) is 13.3. The monoisotopic (exact) mass is 387 g/mol. The Morgan fingerprint density at radius 3 is 2.39 bits per heavy atom. The Labute approximate surface area is 159 Å². The van der Waals surface area contributed by atoms with Crippen LogP contribution in [0, 0.1) is 10.1 Å². The van der Waals surface area contributed by atoms with Crippen LogP contribution >= 0.6 is 0 Å². The second-order valence-electron chi connectivity index (χ2n) is 5.61. The maximum Gasteiger partial charge on any atom is 0.404 e. The number of hydrogen-bond acceptors (Lipinski definition) is 6. The van der Waals surface area contributed by atoms with Crippen LogP contribution in [0.25, 0.3) is 0 Å². The summed E-state index contributed by atoms with van der Waals surface area (Å²) >= 11 is 0. The molecule has 0 aromatic heterocycles. The quantitative estimate of drug-likeness (QED) is 0.375. The van der Waals surface area contributed by atoms with Gasteiger partial charge < -0.3 is 20.5 Å². The van der Waals surface area contributed by atoms with E-state index in [1.54, 1.807) is 24.3 Å². The van der Waals surface area contributed by atoms with Crippen LogP contribution < -0.4 is 10.6 Å². The molecule has 10 nitrogen and oxygen atoms in total. The molecule has 2 aromatic rings. The number of anilines is 1. The minimum atomic E-state index is -1.11. The van der Waals surface area contributed by atoms with Gasteiger partial charge in [0.15, 0.2) is 0 Å². The number of carbonyl (C=O) groups excluding carboxylic acids is 2. The van der Waals surface area contributed by atoms with Crippen LogP contribution in [-0.2, 0) is 11.2 Å². The molecule has 0 fully saturated rings. The van der Waals surface area contributed by atoms with Crippen molar-refractivity contribution >= 4 is 29.3 Å². The van der Waals surface area contributed by atoms with E-state index in [2.05, 4.69) is 15.4 Å². The predicted molar refractivity (Wildman–Crippen MR) is 98.6 cm³/mol. The summed E-state index contributed by atoms with van der Waals surface area (Å²) in [6.07, 6.45) is -0.634. The number of nitrogens with one attached hydrogen (secondary N) is 2. The van der Waals surface area contributed by atoms with Gasteiger partial charge in [0.05, 0.1) is 17.6 Å². The van der Waals surface area contributed by atoms with E-state index >= 15 is 0 Å². The molecule has 3 N–H and O–H groups in total. The molecule has 0 aliphatic carbocycles. The van der Waals surface area contributed by atoms with Crippen LogP contribution in [0.15, 0.2) is 42.5 Å². The van der Waals surface area contributed by atoms with Crippen LogP contribution in [0.3, 0.4) is 0 Å². The average molecular weight is 387 g/mol. The summed E-state index contributed by atoms with van der Waals surface area (Å²) in [5, 5.41) is 24.6. The molecule has 0 bridgehead atoms. The van der Waals surface area contributed by atoms with Gasteiger partial charge in [-0.1, -0.05) is 12.1 Å². The smallest absolute Gasteiger partial charge is 0.404 e. The van der Waals surface area contributed by atoms with Crippen molar-refractivity contribution in [2.45, 2.75) is 6.42 Å². The highest BCUT2D eigenvalue weighted by Gasteiger charge is 2.23. The molecule has 0 heterocycles. The molecule has 2 aromatic carbocycles. The number of amides is 2. The van der Waals surface area contributed by atoms with E-state index in [0.29, 0.717) is 12.1 Å². The average Bonchev–Trinajstić information content (AvgIpc) is 2.67. The zero-order chi connectivity index (χ0) is 20.7. The maximum atomic E-state index is 12.4. The highest BCUT2D eigenvalue weighted by Crippen LogP contribution is 2.22. The van der Waals surface area contributed by atoms with Gasteiger partial charge in [0.1, 0.15) is 5.56 Å². The lowest BCUT2D eigenvalue weighted by atomic mass is 10.1. The summed E-state index contributed by atoms with van der Waals surface area (Å²) in [4.78, 5) is 44.9. The lowest BCUT2D eigenvalue weighted by Gasteiger charge is -2.08. The van der Waals surface area contributed by atoms with Crippen molar-refractivity contribution in [2.75, 3.05) is 19.0 Å². The first-order valence-corrected chi connectivity index (χ1v) is 8.05. The van der Waals surface area contributed by atoms with Crippen molar-refractivity contribution in [3.63, 3.8) is 0 Å². The number of carbonyl (C=O) groups is 3. The Bertz CT molecular complexity index is 910. The van der Waals surface area contributed by atoms with Crippen molar-refractivity contribution in [1.29, 1.82) is 0 Å². The van der Waals surface area contributed by atoms with Gasteiger partial charge in [0.2, 0.25) is 0 Å². The van der Waals surface area contributed by atoms with Gasteiger partial charge in [-0.3, -0.25) is 14.9 Å². The summed E-state index contributed by atoms with van der Waals surface area (Å²) in [6, 6.07) is 10.0. The molecule has 0 radical (unpaired) electrons. The van der Waals surface area contributed by atoms with E-state index in [-0.39, 0.29) is 17.7 Å². The number of esters is 1. The van der Waals surface area contributed by atoms with Gasteiger partial charge in [-0.15, -0.1) is 0 Å². The molecule has 0 aliphatic rings. The molecule has 0 atom stereocenters. The van der Waals surface area contributed by atoms with Crippen LogP contribution in [0.4, 0.5) is 16.2 Å². The number of carboxylic acid groups (broad SMARTS) is 1. The molecular weight excluding hydrogens is 370 g/mol. The number of nitrogens with zero attached hydrogens (tertiary/aromatic N) is 1. The molecule has 10 heteroatoms.